The van der Waals surface area contributed by atoms with E-state index in [2.05, 4.69) is 29.1 Å². The number of nitrogens with one attached hydrogen (secondary N) is 1. The molecule has 20 heavy (non-hydrogen) atoms. The van der Waals surface area contributed by atoms with E-state index in [0.29, 0.717) is 11.7 Å². The van der Waals surface area contributed by atoms with Gasteiger partial charge < -0.3 is 11.1 Å². The van der Waals surface area contributed by atoms with E-state index >= 15 is 0 Å². The molecule has 0 aromatic carbocycles. The van der Waals surface area contributed by atoms with Crippen LogP contribution in [0, 0.1) is 0 Å². The number of aromatic nitrogens is 2. The van der Waals surface area contributed by atoms with Crippen molar-refractivity contribution in [1.29, 1.82) is 0 Å². The van der Waals surface area contributed by atoms with Gasteiger partial charge in [0.1, 0.15) is 10.8 Å². The molecule has 0 radical (unpaired) electrons. The van der Waals surface area contributed by atoms with Gasteiger partial charge in [0.05, 0.1) is 6.04 Å². The molecule has 0 aliphatic carbocycles. The van der Waals surface area contributed by atoms with Gasteiger partial charge in [-0.1, -0.05) is 13.8 Å². The SMILES string of the molecule is CC(C)c1ccc(-c2nc(NC(=O)[C@H](C)N)cs2)cn1. The Hall–Kier alpha value is -1.79. The summed E-state index contributed by atoms with van der Waals surface area (Å²) in [5.74, 6) is 0.691. The molecule has 0 fully saturated rings. The lowest BCUT2D eigenvalue weighted by Gasteiger charge is -2.05. The van der Waals surface area contributed by atoms with E-state index in [1.54, 1.807) is 12.3 Å². The highest BCUT2D eigenvalue weighted by molar-refractivity contribution is 7.13. The van der Waals surface area contributed by atoms with Gasteiger partial charge >= 0.3 is 0 Å². The number of carbonyl (C=O) groups is 1. The molecule has 106 valence electrons. The molecule has 0 unspecified atom stereocenters. The lowest BCUT2D eigenvalue weighted by molar-refractivity contribution is -0.117. The third-order valence-electron chi connectivity index (χ3n) is 2.79. The van der Waals surface area contributed by atoms with E-state index in [0.717, 1.165) is 16.3 Å². The van der Waals surface area contributed by atoms with Crippen molar-refractivity contribution in [3.8, 4) is 10.6 Å². The molecule has 0 saturated heterocycles. The first-order valence-electron chi connectivity index (χ1n) is 6.45. The number of thiazole rings is 1. The Bertz CT molecular complexity index is 589. The molecular formula is C14H18N4OS. The van der Waals surface area contributed by atoms with Crippen LogP contribution in [0.15, 0.2) is 23.7 Å². The van der Waals surface area contributed by atoms with Gasteiger partial charge in [-0.3, -0.25) is 9.78 Å². The second-order valence-corrected chi connectivity index (χ2v) is 5.80. The van der Waals surface area contributed by atoms with Crippen molar-refractivity contribution >= 4 is 23.1 Å². The molecule has 0 aliphatic heterocycles. The number of hydrogen-bond acceptors (Lipinski definition) is 5. The monoisotopic (exact) mass is 290 g/mol. The standard InChI is InChI=1S/C14H18N4OS/c1-8(2)11-5-4-10(6-16-11)14-18-12(7-20-14)17-13(19)9(3)15/h4-9H,15H2,1-3H3,(H,17,19)/t9-/m0/s1. The lowest BCUT2D eigenvalue weighted by atomic mass is 10.1. The predicted molar refractivity (Wildman–Crippen MR) is 81.7 cm³/mol. The molecule has 2 aromatic rings. The van der Waals surface area contributed by atoms with Crippen molar-refractivity contribution in [2.24, 2.45) is 5.73 Å². The average Bonchev–Trinajstić information content (AvgIpc) is 2.87. The summed E-state index contributed by atoms with van der Waals surface area (Å²) in [6.07, 6.45) is 1.81. The minimum absolute atomic E-state index is 0.241. The van der Waals surface area contributed by atoms with Crippen molar-refractivity contribution in [3.63, 3.8) is 0 Å². The topological polar surface area (TPSA) is 80.9 Å². The lowest BCUT2D eigenvalue weighted by Crippen LogP contribution is -2.32. The molecule has 2 heterocycles. The maximum Gasteiger partial charge on any atom is 0.242 e. The van der Waals surface area contributed by atoms with Crippen LogP contribution in [0.25, 0.3) is 10.6 Å². The molecule has 3 N–H and O–H groups in total. The number of anilines is 1. The maximum absolute atomic E-state index is 11.5. The van der Waals surface area contributed by atoms with Crippen molar-refractivity contribution in [3.05, 3.63) is 29.4 Å². The van der Waals surface area contributed by atoms with E-state index < -0.39 is 6.04 Å². The van der Waals surface area contributed by atoms with Crippen molar-refractivity contribution in [1.82, 2.24) is 9.97 Å². The third-order valence-corrected chi connectivity index (χ3v) is 3.69. The fraction of sp³-hybridized carbons (Fsp3) is 0.357. The zero-order valence-corrected chi connectivity index (χ0v) is 12.6. The average molecular weight is 290 g/mol. The normalized spacial score (nSPS) is 12.4. The molecule has 0 bridgehead atoms. The molecule has 1 atom stereocenters. The van der Waals surface area contributed by atoms with Crippen LogP contribution in [0.2, 0.25) is 0 Å². The minimum atomic E-state index is -0.549. The smallest absolute Gasteiger partial charge is 0.242 e. The molecular weight excluding hydrogens is 272 g/mol. The molecule has 0 spiro atoms. The summed E-state index contributed by atoms with van der Waals surface area (Å²) in [6, 6.07) is 3.45. The Kier molecular flexibility index (Phi) is 4.46. The number of nitrogens with two attached hydrogens (primary N) is 1. The third kappa shape index (κ3) is 3.40. The number of pyridine rings is 1. The van der Waals surface area contributed by atoms with Gasteiger partial charge in [-0.2, -0.15) is 0 Å². The Morgan fingerprint density at radius 2 is 2.10 bits per heavy atom. The van der Waals surface area contributed by atoms with Gasteiger partial charge in [0, 0.05) is 22.8 Å². The fourth-order valence-electron chi connectivity index (χ4n) is 1.58. The summed E-state index contributed by atoms with van der Waals surface area (Å²) in [4.78, 5) is 20.3. The largest absolute Gasteiger partial charge is 0.320 e. The second-order valence-electron chi connectivity index (χ2n) is 4.94. The first-order chi connectivity index (χ1) is 9.47. The van der Waals surface area contributed by atoms with Gasteiger partial charge in [-0.25, -0.2) is 4.98 Å². The molecule has 0 aliphatic rings. The minimum Gasteiger partial charge on any atom is -0.320 e. The first kappa shape index (κ1) is 14.6. The van der Waals surface area contributed by atoms with Gasteiger partial charge in [0.25, 0.3) is 0 Å². The van der Waals surface area contributed by atoms with E-state index in [-0.39, 0.29) is 5.91 Å². The summed E-state index contributed by atoms with van der Waals surface area (Å²) in [6.45, 7) is 5.84. The zero-order chi connectivity index (χ0) is 14.7. The van der Waals surface area contributed by atoms with Crippen molar-refractivity contribution in [2.45, 2.75) is 32.7 Å². The van der Waals surface area contributed by atoms with Crippen LogP contribution in [-0.2, 0) is 4.79 Å². The van der Waals surface area contributed by atoms with Crippen LogP contribution in [-0.4, -0.2) is 21.9 Å². The van der Waals surface area contributed by atoms with E-state index in [9.17, 15) is 4.79 Å². The summed E-state index contributed by atoms with van der Waals surface area (Å²) in [7, 11) is 0. The highest BCUT2D eigenvalue weighted by Gasteiger charge is 2.11. The van der Waals surface area contributed by atoms with Crippen LogP contribution in [0.5, 0.6) is 0 Å². The molecule has 5 nitrogen and oxygen atoms in total. The van der Waals surface area contributed by atoms with Crippen LogP contribution >= 0.6 is 11.3 Å². The Balaban J connectivity index is 2.14. The Labute approximate surface area is 122 Å². The fourth-order valence-corrected chi connectivity index (χ4v) is 2.32. The number of amides is 1. The molecule has 6 heteroatoms. The first-order valence-corrected chi connectivity index (χ1v) is 7.33. The number of nitrogens with zero attached hydrogens (tertiary/aromatic N) is 2. The number of carbonyl (C=O) groups excluding carboxylic acids is 1. The summed E-state index contributed by atoms with van der Waals surface area (Å²) >= 11 is 1.46. The quantitative estimate of drug-likeness (QED) is 0.907. The summed E-state index contributed by atoms with van der Waals surface area (Å²) in [5.41, 5.74) is 7.50. The van der Waals surface area contributed by atoms with Gasteiger partial charge in [-0.05, 0) is 25.0 Å². The van der Waals surface area contributed by atoms with Gasteiger partial charge in [-0.15, -0.1) is 11.3 Å². The van der Waals surface area contributed by atoms with Gasteiger partial charge in [0.2, 0.25) is 5.91 Å². The highest BCUT2D eigenvalue weighted by Crippen LogP contribution is 2.26. The molecule has 2 aromatic heterocycles. The summed E-state index contributed by atoms with van der Waals surface area (Å²) in [5, 5.41) is 5.30. The molecule has 2 rings (SSSR count). The highest BCUT2D eigenvalue weighted by atomic mass is 32.1. The van der Waals surface area contributed by atoms with E-state index in [1.165, 1.54) is 11.3 Å². The Morgan fingerprint density at radius 1 is 1.35 bits per heavy atom. The maximum atomic E-state index is 11.5. The molecule has 0 saturated carbocycles. The Morgan fingerprint density at radius 3 is 2.65 bits per heavy atom. The van der Waals surface area contributed by atoms with Crippen LogP contribution in [0.1, 0.15) is 32.4 Å². The van der Waals surface area contributed by atoms with Crippen LogP contribution < -0.4 is 11.1 Å². The number of hydrogen-bond donors (Lipinski definition) is 2. The van der Waals surface area contributed by atoms with Crippen LogP contribution in [0.4, 0.5) is 5.82 Å². The zero-order valence-electron chi connectivity index (χ0n) is 11.8. The summed E-state index contributed by atoms with van der Waals surface area (Å²) < 4.78 is 0. The van der Waals surface area contributed by atoms with Gasteiger partial charge in [0.15, 0.2) is 0 Å². The van der Waals surface area contributed by atoms with E-state index in [1.807, 2.05) is 18.3 Å². The number of rotatable bonds is 4. The van der Waals surface area contributed by atoms with Crippen LogP contribution in [0.3, 0.4) is 0 Å². The molecule has 1 amide bonds. The van der Waals surface area contributed by atoms with E-state index in [4.69, 9.17) is 5.73 Å². The predicted octanol–water partition coefficient (Wildman–Crippen LogP) is 2.61. The van der Waals surface area contributed by atoms with Crippen molar-refractivity contribution < 1.29 is 4.79 Å². The second kappa shape index (κ2) is 6.11. The van der Waals surface area contributed by atoms with Crippen molar-refractivity contribution in [2.75, 3.05) is 5.32 Å².